The van der Waals surface area contributed by atoms with Gasteiger partial charge in [0.25, 0.3) is 0 Å². The summed E-state index contributed by atoms with van der Waals surface area (Å²) in [5.74, 6) is 0.203. The van der Waals surface area contributed by atoms with Crippen LogP contribution in [0.15, 0.2) is 36.5 Å². The van der Waals surface area contributed by atoms with Gasteiger partial charge in [-0.1, -0.05) is 18.2 Å². The van der Waals surface area contributed by atoms with Gasteiger partial charge >= 0.3 is 0 Å². The van der Waals surface area contributed by atoms with E-state index in [1.807, 2.05) is 43.3 Å². The van der Waals surface area contributed by atoms with Gasteiger partial charge in [-0.3, -0.25) is 4.40 Å². The highest BCUT2D eigenvalue weighted by molar-refractivity contribution is 7.17. The number of pyridine rings is 1. The Labute approximate surface area is 137 Å². The molecule has 0 atom stereocenters. The van der Waals surface area contributed by atoms with Gasteiger partial charge in [0.15, 0.2) is 4.96 Å². The molecule has 0 amide bonds. The topological polar surface area (TPSA) is 50.4 Å². The molecule has 0 bridgehead atoms. The predicted molar refractivity (Wildman–Crippen MR) is 94.9 cm³/mol. The first-order valence-electron chi connectivity index (χ1n) is 7.34. The van der Waals surface area contributed by atoms with E-state index < -0.39 is 0 Å². The molecule has 114 valence electrons. The molecule has 4 nitrogen and oxygen atoms in total. The fraction of sp³-hybridized carbons (Fsp3) is 0.111. The number of benzene rings is 1. The smallest absolute Gasteiger partial charge is 0.194 e. The van der Waals surface area contributed by atoms with Crippen molar-refractivity contribution in [2.75, 3.05) is 0 Å². The molecule has 4 aromatic rings. The molecular weight excluding hydrogens is 306 g/mol. The Morgan fingerprint density at radius 3 is 2.83 bits per heavy atom. The molecular formula is C18H15N3OS. The lowest BCUT2D eigenvalue weighted by Crippen LogP contribution is -1.86. The van der Waals surface area contributed by atoms with Crippen molar-refractivity contribution in [3.05, 3.63) is 58.5 Å². The Morgan fingerprint density at radius 2 is 1.96 bits per heavy atom. The first-order chi connectivity index (χ1) is 11.1. The van der Waals surface area contributed by atoms with Gasteiger partial charge in [0, 0.05) is 16.5 Å². The van der Waals surface area contributed by atoms with E-state index in [0.29, 0.717) is 5.52 Å². The number of phenolic OH excluding ortho intramolecular Hbond substituents is 1. The molecule has 0 aliphatic heterocycles. The Kier molecular flexibility index (Phi) is 3.16. The second-order valence-electron chi connectivity index (χ2n) is 5.50. The number of hydrogen-bond acceptors (Lipinski definition) is 4. The van der Waals surface area contributed by atoms with Crippen LogP contribution in [0.1, 0.15) is 22.0 Å². The van der Waals surface area contributed by atoms with Crippen molar-refractivity contribution < 1.29 is 5.11 Å². The van der Waals surface area contributed by atoms with Crippen molar-refractivity contribution in [2.24, 2.45) is 0 Å². The number of aryl methyl sites for hydroxylation is 2. The zero-order chi connectivity index (χ0) is 16.0. The van der Waals surface area contributed by atoms with Crippen LogP contribution in [0.3, 0.4) is 0 Å². The molecule has 0 saturated carbocycles. The van der Waals surface area contributed by atoms with Crippen LogP contribution in [0.25, 0.3) is 28.0 Å². The van der Waals surface area contributed by atoms with Crippen molar-refractivity contribution in [3.63, 3.8) is 0 Å². The minimum absolute atomic E-state index is 0.203. The lowest BCUT2D eigenvalue weighted by atomic mass is 10.2. The van der Waals surface area contributed by atoms with E-state index in [1.54, 1.807) is 17.4 Å². The summed E-state index contributed by atoms with van der Waals surface area (Å²) in [5, 5.41) is 10.9. The molecule has 1 aromatic carbocycles. The molecule has 23 heavy (non-hydrogen) atoms. The van der Waals surface area contributed by atoms with E-state index >= 15 is 0 Å². The monoisotopic (exact) mass is 321 g/mol. The van der Waals surface area contributed by atoms with Gasteiger partial charge in [-0.2, -0.15) is 0 Å². The predicted octanol–water partition coefficient (Wildman–Crippen LogP) is 4.44. The fourth-order valence-corrected chi connectivity index (χ4v) is 3.56. The Balaban J connectivity index is 1.78. The first kappa shape index (κ1) is 14.0. The maximum Gasteiger partial charge on any atom is 0.194 e. The quantitative estimate of drug-likeness (QED) is 0.594. The van der Waals surface area contributed by atoms with Crippen LogP contribution >= 0.6 is 11.3 Å². The molecule has 0 fully saturated rings. The van der Waals surface area contributed by atoms with Gasteiger partial charge in [0.1, 0.15) is 11.3 Å². The molecule has 0 unspecified atom stereocenters. The first-order valence-corrected chi connectivity index (χ1v) is 8.15. The van der Waals surface area contributed by atoms with Crippen LogP contribution in [-0.2, 0) is 0 Å². The summed E-state index contributed by atoms with van der Waals surface area (Å²) in [7, 11) is 0. The molecule has 0 aliphatic carbocycles. The van der Waals surface area contributed by atoms with Crippen LogP contribution < -0.4 is 0 Å². The summed E-state index contributed by atoms with van der Waals surface area (Å²) in [5.41, 5.74) is 3.48. The highest BCUT2D eigenvalue weighted by Crippen LogP contribution is 2.24. The summed E-state index contributed by atoms with van der Waals surface area (Å²) in [4.78, 5) is 11.3. The second kappa shape index (κ2) is 5.21. The third kappa shape index (κ3) is 2.39. The summed E-state index contributed by atoms with van der Waals surface area (Å²) >= 11 is 1.68. The number of aromatic nitrogens is 3. The molecule has 0 saturated heterocycles. The van der Waals surface area contributed by atoms with Crippen LogP contribution in [0.5, 0.6) is 5.75 Å². The van der Waals surface area contributed by atoms with E-state index in [0.717, 1.165) is 27.4 Å². The molecule has 3 aromatic heterocycles. The fourth-order valence-electron chi connectivity index (χ4n) is 2.69. The SMILES string of the molecule is Cc1cn2c(C=Cc3ccc4cccc(O)c4n3)c(C)nc2s1. The number of thiazole rings is 1. The zero-order valence-corrected chi connectivity index (χ0v) is 13.6. The third-order valence-corrected chi connectivity index (χ3v) is 4.69. The molecule has 1 N–H and O–H groups in total. The molecule has 0 radical (unpaired) electrons. The highest BCUT2D eigenvalue weighted by Gasteiger charge is 2.08. The summed E-state index contributed by atoms with van der Waals surface area (Å²) in [6.45, 7) is 4.09. The normalized spacial score (nSPS) is 11.9. The van der Waals surface area contributed by atoms with Gasteiger partial charge in [-0.05, 0) is 38.1 Å². The molecule has 3 heterocycles. The van der Waals surface area contributed by atoms with E-state index in [4.69, 9.17) is 0 Å². The summed E-state index contributed by atoms with van der Waals surface area (Å²) < 4.78 is 2.10. The van der Waals surface area contributed by atoms with Gasteiger partial charge in [0.2, 0.25) is 0 Å². The largest absolute Gasteiger partial charge is 0.506 e. The van der Waals surface area contributed by atoms with Gasteiger partial charge in [0.05, 0.1) is 17.1 Å². The van der Waals surface area contributed by atoms with Gasteiger partial charge in [-0.25, -0.2) is 9.97 Å². The van der Waals surface area contributed by atoms with E-state index in [9.17, 15) is 5.11 Å². The maximum absolute atomic E-state index is 9.94. The van der Waals surface area contributed by atoms with Crippen molar-refractivity contribution in [1.29, 1.82) is 0 Å². The van der Waals surface area contributed by atoms with Crippen LogP contribution in [0.4, 0.5) is 0 Å². The van der Waals surface area contributed by atoms with Gasteiger partial charge < -0.3 is 5.11 Å². The van der Waals surface area contributed by atoms with Crippen molar-refractivity contribution in [1.82, 2.24) is 14.4 Å². The van der Waals surface area contributed by atoms with Gasteiger partial charge in [-0.15, -0.1) is 11.3 Å². The zero-order valence-electron chi connectivity index (χ0n) is 12.8. The number of rotatable bonds is 2. The number of para-hydroxylation sites is 1. The Hall–Kier alpha value is -2.66. The van der Waals surface area contributed by atoms with E-state index in [-0.39, 0.29) is 5.75 Å². The Morgan fingerprint density at radius 1 is 1.09 bits per heavy atom. The van der Waals surface area contributed by atoms with Crippen molar-refractivity contribution in [2.45, 2.75) is 13.8 Å². The number of imidazole rings is 1. The summed E-state index contributed by atoms with van der Waals surface area (Å²) in [6, 6.07) is 9.33. The van der Waals surface area contributed by atoms with Crippen LogP contribution in [0, 0.1) is 13.8 Å². The van der Waals surface area contributed by atoms with E-state index in [1.165, 1.54) is 4.88 Å². The average Bonchev–Trinajstić information content (AvgIpc) is 3.01. The Bertz CT molecular complexity index is 1060. The maximum atomic E-state index is 9.94. The van der Waals surface area contributed by atoms with Crippen LogP contribution in [-0.4, -0.2) is 19.5 Å². The third-order valence-electron chi connectivity index (χ3n) is 3.80. The number of aromatic hydroxyl groups is 1. The molecule has 4 rings (SSSR count). The van der Waals surface area contributed by atoms with Crippen molar-refractivity contribution >= 4 is 39.4 Å². The number of fused-ring (bicyclic) bond motifs is 2. The van der Waals surface area contributed by atoms with Crippen molar-refractivity contribution in [3.8, 4) is 5.75 Å². The number of hydrogen-bond donors (Lipinski definition) is 1. The molecule has 0 spiro atoms. The number of nitrogens with zero attached hydrogens (tertiary/aromatic N) is 3. The summed E-state index contributed by atoms with van der Waals surface area (Å²) in [6.07, 6.45) is 6.07. The second-order valence-corrected chi connectivity index (χ2v) is 6.71. The highest BCUT2D eigenvalue weighted by atomic mass is 32.1. The number of phenols is 1. The average molecular weight is 321 g/mol. The van der Waals surface area contributed by atoms with Crippen LogP contribution in [0.2, 0.25) is 0 Å². The molecule has 0 aliphatic rings. The minimum atomic E-state index is 0.203. The lowest BCUT2D eigenvalue weighted by molar-refractivity contribution is 0.480. The minimum Gasteiger partial charge on any atom is -0.506 e. The molecule has 5 heteroatoms. The van der Waals surface area contributed by atoms with E-state index in [2.05, 4.69) is 27.5 Å². The standard InChI is InChI=1S/C18H15N3OS/c1-11-10-21-15(12(2)19-18(21)23-11)9-8-14-7-6-13-4-3-5-16(22)17(13)20-14/h3-10,22H,1-2H3. The lowest BCUT2D eigenvalue weighted by Gasteiger charge is -2.01.